The number of thiophene rings is 1. The Morgan fingerprint density at radius 1 is 0.654 bits per heavy atom. The maximum absolute atomic E-state index is 14.8. The molecule has 0 N–H and O–H groups in total. The maximum atomic E-state index is 14.8. The summed E-state index contributed by atoms with van der Waals surface area (Å²) in [7, 11) is -1.46. The Balaban J connectivity index is 0.000000182. The van der Waals surface area contributed by atoms with Crippen LogP contribution in [0.3, 0.4) is 0 Å². The van der Waals surface area contributed by atoms with Crippen molar-refractivity contribution in [3.8, 4) is 44.8 Å². The summed E-state index contributed by atoms with van der Waals surface area (Å²) in [6, 6.07) is 45.9. The first kappa shape index (κ1) is 37.2. The molecule has 2 nitrogen and oxygen atoms in total. The SMILES string of the molecule is C[Si](C)(C)c1cnc(-c2[c-]cccc2)cc1-c1ccccc1.Cc1cc(C)c(-c2cc(-c3[c-]ccc4c3sc3ccccc34)ncc2F)c(C)c1.[Ir]. The number of fused-ring (bicyclic) bond motifs is 3. The van der Waals surface area contributed by atoms with E-state index in [1.54, 1.807) is 11.3 Å². The van der Waals surface area contributed by atoms with Crippen LogP contribution in [0.5, 0.6) is 0 Å². The number of aromatic nitrogens is 2. The van der Waals surface area contributed by atoms with E-state index in [1.165, 1.54) is 43.5 Å². The van der Waals surface area contributed by atoms with Gasteiger partial charge in [0.15, 0.2) is 0 Å². The third-order valence-corrected chi connectivity index (χ3v) is 12.4. The molecule has 0 aliphatic rings. The van der Waals surface area contributed by atoms with Crippen molar-refractivity contribution in [2.75, 3.05) is 0 Å². The topological polar surface area (TPSA) is 25.8 Å². The van der Waals surface area contributed by atoms with Gasteiger partial charge in [0.2, 0.25) is 0 Å². The summed E-state index contributed by atoms with van der Waals surface area (Å²) in [5, 5.41) is 3.82. The zero-order chi connectivity index (χ0) is 35.7. The van der Waals surface area contributed by atoms with E-state index in [1.807, 2.05) is 44.2 Å². The van der Waals surface area contributed by atoms with Gasteiger partial charge in [-0.3, -0.25) is 0 Å². The van der Waals surface area contributed by atoms with Gasteiger partial charge in [0.1, 0.15) is 5.82 Å². The fourth-order valence-corrected chi connectivity index (χ4v) is 9.55. The third kappa shape index (κ3) is 7.62. The Kier molecular flexibility index (Phi) is 11.1. The van der Waals surface area contributed by atoms with Crippen molar-refractivity contribution in [1.82, 2.24) is 9.97 Å². The van der Waals surface area contributed by atoms with Crippen LogP contribution in [-0.4, -0.2) is 18.0 Å². The minimum atomic E-state index is -1.46. The minimum absolute atomic E-state index is 0. The standard InChI is InChI=1S/C26H19FNS.C20H20NSi.Ir/c1-15-11-16(2)25(17(3)12-15)21-13-23(28-14-22(21)27)20-9-6-8-19-18-7-4-5-10-24(18)29-26(19)20;1-22(2,3)20-15-21-19(17-12-8-5-9-13-17)14-18(20)16-10-6-4-7-11-16;/h4-8,10-14H,1-3H3;4-12,14-15H,1-3H3;/q2*-1;. The molecule has 0 spiro atoms. The average Bonchev–Trinajstić information content (AvgIpc) is 3.51. The van der Waals surface area contributed by atoms with Crippen LogP contribution in [0.1, 0.15) is 16.7 Å². The molecular weight excluding hydrogens is 852 g/mol. The van der Waals surface area contributed by atoms with Gasteiger partial charge in [-0.25, -0.2) is 4.39 Å². The molecule has 0 aliphatic heterocycles. The monoisotopic (exact) mass is 891 g/mol. The van der Waals surface area contributed by atoms with E-state index in [4.69, 9.17) is 4.98 Å². The molecule has 0 amide bonds. The van der Waals surface area contributed by atoms with Crippen LogP contribution in [0, 0.1) is 38.7 Å². The smallest absolute Gasteiger partial charge is 0.147 e. The van der Waals surface area contributed by atoms with E-state index in [2.05, 4.69) is 135 Å². The summed E-state index contributed by atoms with van der Waals surface area (Å²) in [5.74, 6) is -0.299. The number of rotatable bonds is 5. The van der Waals surface area contributed by atoms with Crippen molar-refractivity contribution in [3.05, 3.63) is 162 Å². The van der Waals surface area contributed by atoms with Gasteiger partial charge in [-0.1, -0.05) is 103 Å². The molecule has 0 aliphatic carbocycles. The van der Waals surface area contributed by atoms with Crippen LogP contribution < -0.4 is 5.19 Å². The Hall–Kier alpha value is -4.58. The van der Waals surface area contributed by atoms with Crippen LogP contribution in [0.4, 0.5) is 4.39 Å². The van der Waals surface area contributed by atoms with Gasteiger partial charge in [-0.15, -0.1) is 59.7 Å². The van der Waals surface area contributed by atoms with Crippen molar-refractivity contribution in [2.45, 2.75) is 40.4 Å². The fraction of sp³-hybridized carbons (Fsp3) is 0.130. The molecule has 261 valence electrons. The molecule has 0 atom stereocenters. The summed E-state index contributed by atoms with van der Waals surface area (Å²) in [5.41, 5.74) is 11.1. The first-order chi connectivity index (χ1) is 24.6. The van der Waals surface area contributed by atoms with Crippen LogP contribution in [0.25, 0.3) is 64.9 Å². The van der Waals surface area contributed by atoms with Crippen molar-refractivity contribution >= 4 is 44.8 Å². The van der Waals surface area contributed by atoms with Gasteiger partial charge in [0.05, 0.1) is 14.3 Å². The number of halogens is 1. The van der Waals surface area contributed by atoms with E-state index in [9.17, 15) is 4.39 Å². The number of hydrogen-bond acceptors (Lipinski definition) is 3. The van der Waals surface area contributed by atoms with E-state index in [0.717, 1.165) is 43.9 Å². The quantitative estimate of drug-likeness (QED) is 0.127. The van der Waals surface area contributed by atoms with Gasteiger partial charge in [0, 0.05) is 36.6 Å². The molecule has 0 fully saturated rings. The normalized spacial score (nSPS) is 11.2. The molecule has 6 heteroatoms. The molecule has 0 bridgehead atoms. The van der Waals surface area contributed by atoms with Gasteiger partial charge in [0.25, 0.3) is 0 Å². The van der Waals surface area contributed by atoms with E-state index in [-0.39, 0.29) is 25.9 Å². The summed E-state index contributed by atoms with van der Waals surface area (Å²) < 4.78 is 17.2. The van der Waals surface area contributed by atoms with Crippen molar-refractivity contribution in [2.24, 2.45) is 0 Å². The maximum Gasteiger partial charge on any atom is 0.147 e. The van der Waals surface area contributed by atoms with E-state index >= 15 is 0 Å². The molecule has 5 aromatic carbocycles. The second kappa shape index (κ2) is 15.6. The second-order valence-corrected chi connectivity index (χ2v) is 20.1. The Morgan fingerprint density at radius 3 is 2.04 bits per heavy atom. The number of benzene rings is 5. The van der Waals surface area contributed by atoms with Gasteiger partial charge in [-0.05, 0) is 81.3 Å². The first-order valence-electron chi connectivity index (χ1n) is 17.2. The van der Waals surface area contributed by atoms with Crippen LogP contribution in [-0.2, 0) is 20.1 Å². The molecule has 0 unspecified atom stereocenters. The zero-order valence-corrected chi connectivity index (χ0v) is 34.3. The molecule has 3 heterocycles. The number of hydrogen-bond donors (Lipinski definition) is 0. The van der Waals surface area contributed by atoms with Crippen LogP contribution >= 0.6 is 11.3 Å². The van der Waals surface area contributed by atoms with Crippen molar-refractivity contribution in [1.29, 1.82) is 0 Å². The molecular formula is C46H39FIrN2SSi-2. The molecule has 8 aromatic rings. The predicted molar refractivity (Wildman–Crippen MR) is 218 cm³/mol. The summed E-state index contributed by atoms with van der Waals surface area (Å²) in [6.07, 6.45) is 3.41. The van der Waals surface area contributed by atoms with E-state index in [0.29, 0.717) is 5.56 Å². The van der Waals surface area contributed by atoms with Crippen LogP contribution in [0.2, 0.25) is 19.6 Å². The van der Waals surface area contributed by atoms with Crippen LogP contribution in [0.15, 0.2) is 128 Å². The minimum Gasteiger partial charge on any atom is -0.305 e. The number of aryl methyl sites for hydroxylation is 3. The predicted octanol–water partition coefficient (Wildman–Crippen LogP) is 12.4. The summed E-state index contributed by atoms with van der Waals surface area (Å²) in [4.78, 5) is 9.14. The molecule has 0 saturated carbocycles. The molecule has 8 rings (SSSR count). The molecule has 52 heavy (non-hydrogen) atoms. The molecule has 3 aromatic heterocycles. The molecule has 1 radical (unpaired) electrons. The van der Waals surface area contributed by atoms with E-state index < -0.39 is 8.07 Å². The molecule has 0 saturated heterocycles. The second-order valence-electron chi connectivity index (χ2n) is 14.0. The zero-order valence-electron chi connectivity index (χ0n) is 30.1. The first-order valence-corrected chi connectivity index (χ1v) is 21.5. The van der Waals surface area contributed by atoms with Gasteiger partial charge >= 0.3 is 0 Å². The third-order valence-electron chi connectivity index (χ3n) is 9.18. The van der Waals surface area contributed by atoms with Gasteiger partial charge in [-0.2, -0.15) is 11.3 Å². The number of nitrogens with zero attached hydrogens (tertiary/aromatic N) is 2. The summed E-state index contributed by atoms with van der Waals surface area (Å²) in [6.45, 7) is 13.2. The Labute approximate surface area is 324 Å². The van der Waals surface area contributed by atoms with Gasteiger partial charge < -0.3 is 9.97 Å². The van der Waals surface area contributed by atoms with Crippen molar-refractivity contribution in [3.63, 3.8) is 0 Å². The van der Waals surface area contributed by atoms with Crippen molar-refractivity contribution < 1.29 is 24.5 Å². The number of pyridine rings is 2. The average molecular weight is 891 g/mol. The Bertz CT molecular complexity index is 2480. The summed E-state index contributed by atoms with van der Waals surface area (Å²) >= 11 is 1.73. The largest absolute Gasteiger partial charge is 0.305 e. The Morgan fingerprint density at radius 2 is 1.33 bits per heavy atom. The fourth-order valence-electron chi connectivity index (χ4n) is 6.86.